The van der Waals surface area contributed by atoms with Gasteiger partial charge in [-0.25, -0.2) is 9.97 Å². The summed E-state index contributed by atoms with van der Waals surface area (Å²) in [6, 6.07) is 18.1. The lowest BCUT2D eigenvalue weighted by molar-refractivity contribution is 0.0712. The van der Waals surface area contributed by atoms with Crippen molar-refractivity contribution in [2.75, 3.05) is 13.1 Å². The van der Waals surface area contributed by atoms with Gasteiger partial charge in [0, 0.05) is 48.7 Å². The highest BCUT2D eigenvalue weighted by Crippen LogP contribution is 2.34. The second-order valence-electron chi connectivity index (χ2n) is 8.08. The van der Waals surface area contributed by atoms with Gasteiger partial charge in [-0.2, -0.15) is 0 Å². The van der Waals surface area contributed by atoms with E-state index in [1.807, 2.05) is 60.5 Å². The lowest BCUT2D eigenvalue weighted by Crippen LogP contribution is -2.38. The summed E-state index contributed by atoms with van der Waals surface area (Å²) >= 11 is 0. The topological polar surface area (TPSA) is 59.0 Å². The number of carbonyl (C=O) groups excluding carboxylic acids is 1. The largest absolute Gasteiger partial charge is 0.339 e. The minimum absolute atomic E-state index is 0.109. The Kier molecular flexibility index (Phi) is 5.16. The zero-order valence-electron chi connectivity index (χ0n) is 17.5. The molecule has 0 N–H and O–H groups in total. The van der Waals surface area contributed by atoms with E-state index in [1.54, 1.807) is 12.4 Å². The number of nitrogens with zero attached hydrogens (tertiary/aromatic N) is 4. The first kappa shape index (κ1) is 19.4. The van der Waals surface area contributed by atoms with Crippen LogP contribution in [0.4, 0.5) is 0 Å². The molecule has 0 unspecified atom stereocenters. The van der Waals surface area contributed by atoms with Crippen LogP contribution in [0.1, 0.15) is 40.6 Å². The number of rotatable bonds is 3. The van der Waals surface area contributed by atoms with Crippen LogP contribution in [0, 0.1) is 6.92 Å². The summed E-state index contributed by atoms with van der Waals surface area (Å²) < 4.78 is 0. The van der Waals surface area contributed by atoms with Crippen molar-refractivity contribution in [3.63, 3.8) is 0 Å². The number of pyridine rings is 1. The number of piperidine rings is 1. The van der Waals surface area contributed by atoms with Crippen LogP contribution in [0.15, 0.2) is 73.2 Å². The maximum atomic E-state index is 13.1. The van der Waals surface area contributed by atoms with Gasteiger partial charge in [0.05, 0.1) is 5.69 Å². The van der Waals surface area contributed by atoms with E-state index in [2.05, 4.69) is 22.1 Å². The summed E-state index contributed by atoms with van der Waals surface area (Å²) in [6.45, 7) is 3.39. The second-order valence-corrected chi connectivity index (χ2v) is 8.08. The zero-order chi connectivity index (χ0) is 21.2. The molecule has 0 saturated carbocycles. The quantitative estimate of drug-likeness (QED) is 0.478. The first-order valence-electron chi connectivity index (χ1n) is 10.7. The Morgan fingerprint density at radius 2 is 1.71 bits per heavy atom. The number of likely N-dealkylation sites (tertiary alicyclic amines) is 1. The molecule has 1 amide bonds. The minimum atomic E-state index is 0.109. The summed E-state index contributed by atoms with van der Waals surface area (Å²) in [5, 5.41) is 2.25. The lowest BCUT2D eigenvalue weighted by atomic mass is 9.88. The van der Waals surface area contributed by atoms with Gasteiger partial charge in [-0.1, -0.05) is 30.3 Å². The second kappa shape index (κ2) is 8.26. The average Bonchev–Trinajstić information content (AvgIpc) is 2.84. The van der Waals surface area contributed by atoms with Crippen molar-refractivity contribution in [2.45, 2.75) is 25.7 Å². The van der Waals surface area contributed by atoms with Crippen LogP contribution in [0.5, 0.6) is 0 Å². The van der Waals surface area contributed by atoms with Gasteiger partial charge in [0.2, 0.25) is 0 Å². The van der Waals surface area contributed by atoms with Gasteiger partial charge >= 0.3 is 0 Å². The Labute approximate surface area is 181 Å². The molecule has 0 atom stereocenters. The van der Waals surface area contributed by atoms with E-state index in [1.165, 1.54) is 0 Å². The standard InChI is InChI=1S/C26H24N4O/c1-18-28-17-24(20-8-12-27-13-9-20)25(29-18)21-10-14-30(15-11-21)26(31)23-7-6-19-4-2-3-5-22(19)16-23/h2-9,12-13,16-17,21H,10-11,14-15H2,1H3. The molecule has 5 nitrogen and oxygen atoms in total. The number of hydrogen-bond acceptors (Lipinski definition) is 4. The number of aromatic nitrogens is 3. The minimum Gasteiger partial charge on any atom is -0.339 e. The van der Waals surface area contributed by atoms with Crippen molar-refractivity contribution in [1.29, 1.82) is 0 Å². The number of carbonyl (C=O) groups is 1. The van der Waals surface area contributed by atoms with Gasteiger partial charge in [-0.3, -0.25) is 9.78 Å². The highest BCUT2D eigenvalue weighted by molar-refractivity contribution is 5.98. The van der Waals surface area contributed by atoms with Crippen LogP contribution in [-0.2, 0) is 0 Å². The van der Waals surface area contributed by atoms with Crippen molar-refractivity contribution in [3.05, 3.63) is 90.3 Å². The van der Waals surface area contributed by atoms with E-state index in [0.717, 1.165) is 64.9 Å². The first-order valence-corrected chi connectivity index (χ1v) is 10.7. The van der Waals surface area contributed by atoms with Gasteiger partial charge in [0.15, 0.2) is 0 Å². The summed E-state index contributed by atoms with van der Waals surface area (Å²) in [5.74, 6) is 1.20. The summed E-state index contributed by atoms with van der Waals surface area (Å²) in [7, 11) is 0. The molecule has 0 aliphatic carbocycles. The highest BCUT2D eigenvalue weighted by atomic mass is 16.2. The van der Waals surface area contributed by atoms with E-state index in [4.69, 9.17) is 4.98 Å². The molecule has 1 fully saturated rings. The third kappa shape index (κ3) is 3.91. The molecule has 0 spiro atoms. The van der Waals surface area contributed by atoms with E-state index in [-0.39, 0.29) is 5.91 Å². The first-order chi connectivity index (χ1) is 15.2. The molecule has 2 aromatic carbocycles. The fourth-order valence-electron chi connectivity index (χ4n) is 4.41. The molecule has 2 aromatic heterocycles. The molecule has 0 radical (unpaired) electrons. The van der Waals surface area contributed by atoms with Crippen LogP contribution in [0.25, 0.3) is 21.9 Å². The molecule has 1 aliphatic rings. The van der Waals surface area contributed by atoms with Crippen LogP contribution < -0.4 is 0 Å². The maximum Gasteiger partial charge on any atom is 0.253 e. The summed E-state index contributed by atoms with van der Waals surface area (Å²) in [5.41, 5.74) is 3.98. The Morgan fingerprint density at radius 1 is 0.968 bits per heavy atom. The molecular weight excluding hydrogens is 384 g/mol. The normalized spacial score (nSPS) is 14.7. The van der Waals surface area contributed by atoms with Gasteiger partial charge in [0.25, 0.3) is 5.91 Å². The monoisotopic (exact) mass is 408 g/mol. The van der Waals surface area contributed by atoms with Crippen molar-refractivity contribution in [2.24, 2.45) is 0 Å². The molecule has 31 heavy (non-hydrogen) atoms. The van der Waals surface area contributed by atoms with E-state index in [0.29, 0.717) is 5.92 Å². The summed E-state index contributed by atoms with van der Waals surface area (Å²) in [6.07, 6.45) is 7.30. The molecule has 0 bridgehead atoms. The van der Waals surface area contributed by atoms with Gasteiger partial charge in [-0.15, -0.1) is 0 Å². The fraction of sp³-hybridized carbons (Fsp3) is 0.231. The Bertz CT molecular complexity index is 1230. The van der Waals surface area contributed by atoms with Crippen LogP contribution >= 0.6 is 0 Å². The third-order valence-corrected chi connectivity index (χ3v) is 6.10. The predicted octanol–water partition coefficient (Wildman–Crippen LogP) is 5.02. The van der Waals surface area contributed by atoms with E-state index in [9.17, 15) is 4.79 Å². The Morgan fingerprint density at radius 3 is 2.48 bits per heavy atom. The fourth-order valence-corrected chi connectivity index (χ4v) is 4.41. The van der Waals surface area contributed by atoms with Gasteiger partial charge < -0.3 is 4.90 Å². The Balaban J connectivity index is 1.35. The molecule has 1 saturated heterocycles. The maximum absolute atomic E-state index is 13.1. The zero-order valence-corrected chi connectivity index (χ0v) is 17.5. The van der Waals surface area contributed by atoms with Crippen LogP contribution in [-0.4, -0.2) is 38.8 Å². The number of fused-ring (bicyclic) bond motifs is 1. The molecule has 3 heterocycles. The van der Waals surface area contributed by atoms with Crippen LogP contribution in [0.2, 0.25) is 0 Å². The van der Waals surface area contributed by atoms with E-state index >= 15 is 0 Å². The van der Waals surface area contributed by atoms with Crippen molar-refractivity contribution in [1.82, 2.24) is 19.9 Å². The van der Waals surface area contributed by atoms with Crippen molar-refractivity contribution >= 4 is 16.7 Å². The SMILES string of the molecule is Cc1ncc(-c2ccncc2)c(C2CCN(C(=O)c3ccc4ccccc4c3)CC2)n1. The summed E-state index contributed by atoms with van der Waals surface area (Å²) in [4.78, 5) is 28.4. The predicted molar refractivity (Wildman–Crippen MR) is 122 cm³/mol. The number of hydrogen-bond donors (Lipinski definition) is 0. The number of aryl methyl sites for hydroxylation is 1. The number of benzene rings is 2. The van der Waals surface area contributed by atoms with Crippen molar-refractivity contribution in [3.8, 4) is 11.1 Å². The van der Waals surface area contributed by atoms with Gasteiger partial charge in [0.1, 0.15) is 5.82 Å². The molecule has 4 aromatic rings. The van der Waals surface area contributed by atoms with E-state index < -0.39 is 0 Å². The lowest BCUT2D eigenvalue weighted by Gasteiger charge is -2.32. The number of amides is 1. The molecular formula is C26H24N4O. The molecule has 5 rings (SSSR count). The molecule has 5 heteroatoms. The van der Waals surface area contributed by atoms with Crippen LogP contribution in [0.3, 0.4) is 0 Å². The smallest absolute Gasteiger partial charge is 0.253 e. The average molecular weight is 409 g/mol. The highest BCUT2D eigenvalue weighted by Gasteiger charge is 2.27. The van der Waals surface area contributed by atoms with Crippen molar-refractivity contribution < 1.29 is 4.79 Å². The molecule has 1 aliphatic heterocycles. The van der Waals surface area contributed by atoms with Gasteiger partial charge in [-0.05, 0) is 60.4 Å². The third-order valence-electron chi connectivity index (χ3n) is 6.10. The molecule has 154 valence electrons. The Hall–Kier alpha value is -3.60.